The van der Waals surface area contributed by atoms with Crippen molar-refractivity contribution >= 4 is 29.4 Å². The van der Waals surface area contributed by atoms with Crippen molar-refractivity contribution in [2.24, 2.45) is 5.92 Å². The molecule has 4 rings (SSSR count). The highest BCUT2D eigenvalue weighted by Gasteiger charge is 2.43. The van der Waals surface area contributed by atoms with Crippen molar-refractivity contribution in [2.75, 3.05) is 44.6 Å². The number of aromatic nitrogens is 1. The third-order valence-electron chi connectivity index (χ3n) is 6.65. The Bertz CT molecular complexity index is 771. The molecule has 2 saturated heterocycles. The van der Waals surface area contributed by atoms with Gasteiger partial charge < -0.3 is 19.9 Å². The van der Waals surface area contributed by atoms with Crippen LogP contribution in [0.3, 0.4) is 0 Å². The SMILES string of the molecule is CCOC(=O)N1CCC(CN2CCC3(CC2)CC(=O)Nc2ncc(Cl)cc23)CC1. The lowest BCUT2D eigenvalue weighted by atomic mass is 9.69. The van der Waals surface area contributed by atoms with E-state index in [1.807, 2.05) is 17.9 Å². The van der Waals surface area contributed by atoms with E-state index in [2.05, 4.69) is 15.2 Å². The van der Waals surface area contributed by atoms with Gasteiger partial charge in [0, 0.05) is 43.2 Å². The standard InChI is InChI=1S/C21H29ClN4O3/c1-2-29-20(28)26-7-3-15(4-8-26)14-25-9-5-21(6-10-25)12-18(27)24-19-17(21)11-16(22)13-23-19/h11,13,15H,2-10,12,14H2,1H3,(H,23,24,27). The van der Waals surface area contributed by atoms with Crippen LogP contribution in [-0.2, 0) is 14.9 Å². The number of amides is 2. The number of hydrogen-bond donors (Lipinski definition) is 1. The molecular formula is C21H29ClN4O3. The molecule has 0 saturated carbocycles. The van der Waals surface area contributed by atoms with Crippen LogP contribution in [0.15, 0.2) is 12.3 Å². The predicted octanol–water partition coefficient (Wildman–Crippen LogP) is 3.28. The Morgan fingerprint density at radius 2 is 2.03 bits per heavy atom. The molecule has 0 unspecified atom stereocenters. The summed E-state index contributed by atoms with van der Waals surface area (Å²) < 4.78 is 5.11. The second-order valence-electron chi connectivity index (χ2n) is 8.48. The van der Waals surface area contributed by atoms with Crippen molar-refractivity contribution in [1.82, 2.24) is 14.8 Å². The number of halogens is 1. The third kappa shape index (κ3) is 4.36. The third-order valence-corrected chi connectivity index (χ3v) is 6.86. The highest BCUT2D eigenvalue weighted by molar-refractivity contribution is 6.30. The van der Waals surface area contributed by atoms with E-state index in [1.165, 1.54) is 0 Å². The highest BCUT2D eigenvalue weighted by Crippen LogP contribution is 2.45. The first-order chi connectivity index (χ1) is 14.0. The Morgan fingerprint density at radius 3 is 2.72 bits per heavy atom. The Labute approximate surface area is 176 Å². The number of hydrogen-bond acceptors (Lipinski definition) is 5. The lowest BCUT2D eigenvalue weighted by Crippen LogP contribution is -2.49. The van der Waals surface area contributed by atoms with Gasteiger partial charge >= 0.3 is 6.09 Å². The van der Waals surface area contributed by atoms with Crippen molar-refractivity contribution in [3.63, 3.8) is 0 Å². The van der Waals surface area contributed by atoms with E-state index < -0.39 is 0 Å². The molecule has 0 aromatic carbocycles. The zero-order chi connectivity index (χ0) is 20.4. The van der Waals surface area contributed by atoms with Gasteiger partial charge in [0.05, 0.1) is 11.6 Å². The van der Waals surface area contributed by atoms with Gasteiger partial charge in [0.2, 0.25) is 5.91 Å². The molecule has 0 aliphatic carbocycles. The number of nitrogens with zero attached hydrogens (tertiary/aromatic N) is 3. The van der Waals surface area contributed by atoms with Gasteiger partial charge in [-0.1, -0.05) is 11.6 Å². The number of carbonyl (C=O) groups is 2. The monoisotopic (exact) mass is 420 g/mol. The molecule has 8 heteroatoms. The summed E-state index contributed by atoms with van der Waals surface area (Å²) in [6.07, 6.45) is 5.84. The minimum absolute atomic E-state index is 0.0482. The zero-order valence-corrected chi connectivity index (χ0v) is 17.7. The smallest absolute Gasteiger partial charge is 0.409 e. The van der Waals surface area contributed by atoms with E-state index in [4.69, 9.17) is 16.3 Å². The number of nitrogens with one attached hydrogen (secondary N) is 1. The van der Waals surface area contributed by atoms with E-state index in [-0.39, 0.29) is 17.4 Å². The largest absolute Gasteiger partial charge is 0.450 e. The molecule has 0 bridgehead atoms. The Balaban J connectivity index is 1.33. The van der Waals surface area contributed by atoms with E-state index >= 15 is 0 Å². The highest BCUT2D eigenvalue weighted by atomic mass is 35.5. The summed E-state index contributed by atoms with van der Waals surface area (Å²) >= 11 is 6.20. The summed E-state index contributed by atoms with van der Waals surface area (Å²) in [5, 5.41) is 3.51. The van der Waals surface area contributed by atoms with E-state index in [0.29, 0.717) is 29.8 Å². The van der Waals surface area contributed by atoms with Gasteiger partial charge in [-0.25, -0.2) is 9.78 Å². The summed E-state index contributed by atoms with van der Waals surface area (Å²) in [6.45, 7) is 6.81. The Morgan fingerprint density at radius 1 is 1.31 bits per heavy atom. The summed E-state index contributed by atoms with van der Waals surface area (Å²) in [7, 11) is 0. The van der Waals surface area contributed by atoms with Gasteiger partial charge in [-0.05, 0) is 57.7 Å². The Kier molecular flexibility index (Phi) is 5.97. The van der Waals surface area contributed by atoms with Gasteiger partial charge in [-0.2, -0.15) is 0 Å². The molecule has 158 valence electrons. The van der Waals surface area contributed by atoms with Gasteiger partial charge in [0.25, 0.3) is 0 Å². The number of carbonyl (C=O) groups excluding carboxylic acids is 2. The molecule has 3 aliphatic rings. The molecule has 4 heterocycles. The van der Waals surface area contributed by atoms with E-state index in [0.717, 1.165) is 64.0 Å². The molecular weight excluding hydrogens is 392 g/mol. The molecule has 7 nitrogen and oxygen atoms in total. The summed E-state index contributed by atoms with van der Waals surface area (Å²) in [5.74, 6) is 1.32. The van der Waals surface area contributed by atoms with Crippen LogP contribution in [0.25, 0.3) is 0 Å². The van der Waals surface area contributed by atoms with Crippen molar-refractivity contribution < 1.29 is 14.3 Å². The molecule has 1 aromatic heterocycles. The number of pyridine rings is 1. The van der Waals surface area contributed by atoms with Crippen LogP contribution in [0, 0.1) is 5.92 Å². The lowest BCUT2D eigenvalue weighted by Gasteiger charge is -2.45. The molecule has 0 radical (unpaired) electrons. The summed E-state index contributed by atoms with van der Waals surface area (Å²) in [4.78, 5) is 32.8. The fourth-order valence-electron chi connectivity index (χ4n) is 5.01. The van der Waals surface area contributed by atoms with Crippen LogP contribution in [0.4, 0.5) is 10.6 Å². The summed E-state index contributed by atoms with van der Waals surface area (Å²) in [6, 6.07) is 1.98. The average molecular weight is 421 g/mol. The molecule has 1 aromatic rings. The predicted molar refractivity (Wildman–Crippen MR) is 111 cm³/mol. The molecule has 3 aliphatic heterocycles. The van der Waals surface area contributed by atoms with Crippen LogP contribution in [0.2, 0.25) is 5.02 Å². The first-order valence-electron chi connectivity index (χ1n) is 10.6. The minimum Gasteiger partial charge on any atom is -0.450 e. The van der Waals surface area contributed by atoms with Crippen molar-refractivity contribution in [2.45, 2.75) is 44.4 Å². The van der Waals surface area contributed by atoms with E-state index in [1.54, 1.807) is 6.20 Å². The first kappa shape index (κ1) is 20.4. The van der Waals surface area contributed by atoms with Crippen molar-refractivity contribution in [3.8, 4) is 0 Å². The quantitative estimate of drug-likeness (QED) is 0.812. The van der Waals surface area contributed by atoms with Crippen LogP contribution in [0.5, 0.6) is 0 Å². The molecule has 0 atom stereocenters. The lowest BCUT2D eigenvalue weighted by molar-refractivity contribution is -0.118. The number of ether oxygens (including phenoxy) is 1. The fraction of sp³-hybridized carbons (Fsp3) is 0.667. The number of piperidine rings is 2. The fourth-order valence-corrected chi connectivity index (χ4v) is 5.17. The maximum Gasteiger partial charge on any atom is 0.409 e. The number of fused-ring (bicyclic) bond motifs is 2. The van der Waals surface area contributed by atoms with Crippen LogP contribution in [-0.4, -0.2) is 66.1 Å². The average Bonchev–Trinajstić information content (AvgIpc) is 2.71. The second-order valence-corrected chi connectivity index (χ2v) is 8.92. The van der Waals surface area contributed by atoms with Gasteiger partial charge in [-0.3, -0.25) is 4.79 Å². The second kappa shape index (κ2) is 8.48. The minimum atomic E-state index is -0.188. The summed E-state index contributed by atoms with van der Waals surface area (Å²) in [5.41, 5.74) is 0.936. The maximum absolute atomic E-state index is 12.3. The van der Waals surface area contributed by atoms with Gasteiger partial charge in [0.1, 0.15) is 5.82 Å². The molecule has 2 amide bonds. The molecule has 2 fully saturated rings. The molecule has 1 N–H and O–H groups in total. The van der Waals surface area contributed by atoms with Gasteiger partial charge in [-0.15, -0.1) is 0 Å². The molecule has 29 heavy (non-hydrogen) atoms. The van der Waals surface area contributed by atoms with Crippen LogP contribution >= 0.6 is 11.6 Å². The van der Waals surface area contributed by atoms with E-state index in [9.17, 15) is 9.59 Å². The number of likely N-dealkylation sites (tertiary alicyclic amines) is 2. The van der Waals surface area contributed by atoms with Gasteiger partial charge in [0.15, 0.2) is 0 Å². The Hall–Kier alpha value is -1.86. The van der Waals surface area contributed by atoms with Crippen molar-refractivity contribution in [3.05, 3.63) is 22.8 Å². The normalized spacial score (nSPS) is 22.3. The zero-order valence-electron chi connectivity index (χ0n) is 17.0. The number of anilines is 1. The van der Waals surface area contributed by atoms with Crippen molar-refractivity contribution in [1.29, 1.82) is 0 Å². The number of rotatable bonds is 3. The van der Waals surface area contributed by atoms with Crippen LogP contribution in [0.1, 0.15) is 44.6 Å². The topological polar surface area (TPSA) is 74.8 Å². The molecule has 1 spiro atoms. The van der Waals surface area contributed by atoms with Crippen LogP contribution < -0.4 is 5.32 Å². The first-order valence-corrected chi connectivity index (χ1v) is 11.0. The maximum atomic E-state index is 12.3.